The molecule has 3 rings (SSSR count). The zero-order valence-corrected chi connectivity index (χ0v) is 13.2. The Morgan fingerprint density at radius 2 is 2.22 bits per heavy atom. The summed E-state index contributed by atoms with van der Waals surface area (Å²) in [6, 6.07) is -0.179. The molecule has 126 valence electrons. The molecule has 2 saturated heterocycles. The molecule has 0 unspecified atom stereocenters. The molecule has 3 heterocycles. The van der Waals surface area contributed by atoms with Gasteiger partial charge in [-0.2, -0.15) is 5.10 Å². The molecule has 2 N–H and O–H groups in total. The molecule has 0 spiro atoms. The number of fused-ring (bicyclic) bond motifs is 3. The van der Waals surface area contributed by atoms with Gasteiger partial charge in [0.1, 0.15) is 0 Å². The van der Waals surface area contributed by atoms with E-state index in [1.165, 1.54) is 4.68 Å². The standard InChI is InChI=1S/C12H15ClN4O3.CH2O2/c1-16-4-9(13)10(15-16)12(19)17-2-7-5-20-6-8(3-17)14-11(7)18;2-1-3/h4,7-8H,2-3,5-6H2,1H3,(H,14,18);1H,(H,2,3)/t7-,8+;/m1./s1. The van der Waals surface area contributed by atoms with Gasteiger partial charge < -0.3 is 20.1 Å². The molecule has 9 nitrogen and oxygen atoms in total. The highest BCUT2D eigenvalue weighted by molar-refractivity contribution is 6.33. The van der Waals surface area contributed by atoms with E-state index in [-0.39, 0.29) is 35.9 Å². The maximum absolute atomic E-state index is 12.5. The Balaban J connectivity index is 0.000000595. The number of ether oxygens (including phenoxy) is 1. The van der Waals surface area contributed by atoms with E-state index >= 15 is 0 Å². The van der Waals surface area contributed by atoms with Crippen LogP contribution in [0.3, 0.4) is 0 Å². The van der Waals surface area contributed by atoms with E-state index in [9.17, 15) is 9.59 Å². The number of rotatable bonds is 1. The van der Waals surface area contributed by atoms with E-state index in [1.54, 1.807) is 18.1 Å². The Kier molecular flexibility index (Phi) is 5.56. The maximum Gasteiger partial charge on any atom is 0.290 e. The fourth-order valence-electron chi connectivity index (χ4n) is 2.55. The third-order valence-corrected chi connectivity index (χ3v) is 3.79. The first-order valence-electron chi connectivity index (χ1n) is 6.90. The first kappa shape index (κ1) is 17.2. The lowest BCUT2D eigenvalue weighted by Gasteiger charge is -2.27. The van der Waals surface area contributed by atoms with Crippen molar-refractivity contribution in [2.45, 2.75) is 6.04 Å². The molecule has 2 fully saturated rings. The number of carbonyl (C=O) groups is 3. The minimum Gasteiger partial charge on any atom is -0.483 e. The van der Waals surface area contributed by atoms with Gasteiger partial charge in [0.2, 0.25) is 5.91 Å². The van der Waals surface area contributed by atoms with E-state index in [1.807, 2.05) is 0 Å². The Morgan fingerprint density at radius 1 is 1.52 bits per heavy atom. The van der Waals surface area contributed by atoms with Crippen LogP contribution in [0.1, 0.15) is 10.5 Å². The lowest BCUT2D eigenvalue weighted by molar-refractivity contribution is -0.125. The molecule has 2 atom stereocenters. The van der Waals surface area contributed by atoms with Crippen LogP contribution in [0.4, 0.5) is 0 Å². The van der Waals surface area contributed by atoms with Crippen LogP contribution in [0.25, 0.3) is 0 Å². The molecule has 0 aromatic carbocycles. The van der Waals surface area contributed by atoms with Crippen molar-refractivity contribution >= 4 is 29.9 Å². The lowest BCUT2D eigenvalue weighted by Crippen LogP contribution is -2.44. The van der Waals surface area contributed by atoms with Crippen molar-refractivity contribution in [3.63, 3.8) is 0 Å². The van der Waals surface area contributed by atoms with Crippen LogP contribution in [-0.4, -0.2) is 70.4 Å². The molecule has 2 amide bonds. The van der Waals surface area contributed by atoms with Crippen LogP contribution in [0, 0.1) is 5.92 Å². The number of halogens is 1. The SMILES string of the molecule is Cn1cc(Cl)c(C(=O)N2C[C@H]3COC[C@@H](C2)C(=O)N3)n1.O=CO. The molecule has 0 aliphatic carbocycles. The van der Waals surface area contributed by atoms with E-state index in [4.69, 9.17) is 26.2 Å². The predicted molar refractivity (Wildman–Crippen MR) is 79.1 cm³/mol. The largest absolute Gasteiger partial charge is 0.483 e. The minimum atomic E-state index is -0.339. The number of carbonyl (C=O) groups excluding carboxylic acids is 2. The number of nitrogens with one attached hydrogen (secondary N) is 1. The van der Waals surface area contributed by atoms with Crippen LogP contribution in [-0.2, 0) is 21.4 Å². The summed E-state index contributed by atoms with van der Waals surface area (Å²) in [6.07, 6.45) is 1.58. The zero-order chi connectivity index (χ0) is 17.0. The third-order valence-electron chi connectivity index (χ3n) is 3.51. The number of nitrogens with zero attached hydrogens (tertiary/aromatic N) is 3. The number of carboxylic acid groups (broad SMARTS) is 1. The molecule has 0 saturated carbocycles. The fraction of sp³-hybridized carbons (Fsp3) is 0.538. The van der Waals surface area contributed by atoms with Crippen LogP contribution in [0.5, 0.6) is 0 Å². The molecule has 23 heavy (non-hydrogen) atoms. The van der Waals surface area contributed by atoms with Crippen LogP contribution < -0.4 is 5.32 Å². The van der Waals surface area contributed by atoms with Crippen molar-refractivity contribution in [1.82, 2.24) is 20.0 Å². The van der Waals surface area contributed by atoms with E-state index in [2.05, 4.69) is 10.4 Å². The second-order valence-electron chi connectivity index (χ2n) is 5.25. The maximum atomic E-state index is 12.5. The van der Waals surface area contributed by atoms with Gasteiger partial charge in [0.25, 0.3) is 12.4 Å². The zero-order valence-electron chi connectivity index (χ0n) is 12.4. The topological polar surface area (TPSA) is 114 Å². The second kappa shape index (κ2) is 7.42. The molecule has 0 radical (unpaired) electrons. The van der Waals surface area contributed by atoms with Crippen LogP contribution >= 0.6 is 11.6 Å². The Morgan fingerprint density at radius 3 is 2.83 bits per heavy atom. The fourth-order valence-corrected chi connectivity index (χ4v) is 2.81. The number of hydrogen-bond acceptors (Lipinski definition) is 5. The highest BCUT2D eigenvalue weighted by Gasteiger charge is 2.36. The third kappa shape index (κ3) is 3.99. The van der Waals surface area contributed by atoms with Gasteiger partial charge in [0, 0.05) is 26.3 Å². The highest BCUT2D eigenvalue weighted by atomic mass is 35.5. The number of amides is 2. The van der Waals surface area contributed by atoms with Crippen molar-refractivity contribution in [1.29, 1.82) is 0 Å². The summed E-state index contributed by atoms with van der Waals surface area (Å²) in [5.41, 5.74) is 0.225. The van der Waals surface area contributed by atoms with Crippen molar-refractivity contribution in [3.05, 3.63) is 16.9 Å². The smallest absolute Gasteiger partial charge is 0.290 e. The summed E-state index contributed by atoms with van der Waals surface area (Å²) >= 11 is 6.01. The molecule has 10 heteroatoms. The summed E-state index contributed by atoms with van der Waals surface area (Å²) in [4.78, 5) is 34.4. The number of aromatic nitrogens is 2. The Labute approximate surface area is 137 Å². The Hall–Kier alpha value is -2.13. The highest BCUT2D eigenvalue weighted by Crippen LogP contribution is 2.19. The minimum absolute atomic E-state index is 0.0603. The van der Waals surface area contributed by atoms with Gasteiger partial charge in [-0.25, -0.2) is 0 Å². The molecule has 1 aromatic heterocycles. The van der Waals surface area contributed by atoms with Crippen molar-refractivity contribution in [2.24, 2.45) is 13.0 Å². The monoisotopic (exact) mass is 344 g/mol. The van der Waals surface area contributed by atoms with Crippen LogP contribution in [0.2, 0.25) is 5.02 Å². The predicted octanol–water partition coefficient (Wildman–Crippen LogP) is -0.639. The van der Waals surface area contributed by atoms with E-state index in [0.717, 1.165) is 0 Å². The van der Waals surface area contributed by atoms with Crippen molar-refractivity contribution < 1.29 is 24.2 Å². The summed E-state index contributed by atoms with van der Waals surface area (Å²) in [7, 11) is 1.71. The summed E-state index contributed by atoms with van der Waals surface area (Å²) in [6.45, 7) is 1.24. The average Bonchev–Trinajstić information content (AvgIpc) is 2.62. The number of hydrogen-bond donors (Lipinski definition) is 2. The quantitative estimate of drug-likeness (QED) is 0.655. The van der Waals surface area contributed by atoms with E-state index in [0.29, 0.717) is 31.3 Å². The average molecular weight is 345 g/mol. The van der Waals surface area contributed by atoms with Gasteiger partial charge in [-0.15, -0.1) is 0 Å². The normalized spacial score (nSPS) is 23.2. The Bertz CT molecular complexity index is 605. The second-order valence-corrected chi connectivity index (χ2v) is 5.66. The first-order chi connectivity index (χ1) is 11.0. The van der Waals surface area contributed by atoms with Crippen LogP contribution in [0.15, 0.2) is 6.20 Å². The van der Waals surface area contributed by atoms with Gasteiger partial charge in [0.05, 0.1) is 30.2 Å². The summed E-state index contributed by atoms with van der Waals surface area (Å²) in [5.74, 6) is -0.646. The van der Waals surface area contributed by atoms with Crippen molar-refractivity contribution in [2.75, 3.05) is 26.3 Å². The molecule has 2 aliphatic heterocycles. The summed E-state index contributed by atoms with van der Waals surface area (Å²) < 4.78 is 6.93. The summed E-state index contributed by atoms with van der Waals surface area (Å²) in [5, 5.41) is 14.2. The van der Waals surface area contributed by atoms with Gasteiger partial charge >= 0.3 is 0 Å². The molecular weight excluding hydrogens is 328 g/mol. The van der Waals surface area contributed by atoms with Gasteiger partial charge in [0.15, 0.2) is 5.69 Å². The lowest BCUT2D eigenvalue weighted by atomic mass is 10.1. The molecule has 2 bridgehead atoms. The van der Waals surface area contributed by atoms with Gasteiger partial charge in [-0.1, -0.05) is 11.6 Å². The molecule has 2 aliphatic rings. The first-order valence-corrected chi connectivity index (χ1v) is 7.28. The van der Waals surface area contributed by atoms with Gasteiger partial charge in [-0.3, -0.25) is 19.1 Å². The molecular formula is C13H17ClN4O5. The van der Waals surface area contributed by atoms with Crippen molar-refractivity contribution in [3.8, 4) is 0 Å². The number of aryl methyl sites for hydroxylation is 1. The van der Waals surface area contributed by atoms with E-state index < -0.39 is 0 Å². The molecule has 1 aromatic rings. The van der Waals surface area contributed by atoms with Gasteiger partial charge in [-0.05, 0) is 0 Å².